The first-order chi connectivity index (χ1) is 13.8. The van der Waals surface area contributed by atoms with E-state index in [-0.39, 0.29) is 0 Å². The van der Waals surface area contributed by atoms with Crippen molar-refractivity contribution in [1.29, 1.82) is 0 Å². The van der Waals surface area contributed by atoms with Crippen molar-refractivity contribution in [3.05, 3.63) is 94.7 Å². The van der Waals surface area contributed by atoms with E-state index in [1.54, 1.807) is 0 Å². The molecule has 2 heterocycles. The van der Waals surface area contributed by atoms with E-state index in [4.69, 9.17) is 0 Å². The van der Waals surface area contributed by atoms with Crippen LogP contribution < -0.4 is 0 Å². The number of hydrogen-bond donors (Lipinski definition) is 0. The molecule has 0 saturated carbocycles. The summed E-state index contributed by atoms with van der Waals surface area (Å²) in [6, 6.07) is 30.8. The van der Waals surface area contributed by atoms with Gasteiger partial charge in [0.2, 0.25) is 0 Å². The lowest BCUT2D eigenvalue weighted by molar-refractivity contribution is 1.81. The Balaban J connectivity index is 1.43. The van der Waals surface area contributed by atoms with E-state index in [1.807, 2.05) is 22.7 Å². The van der Waals surface area contributed by atoms with Gasteiger partial charge in [-0.3, -0.25) is 0 Å². The molecular formula is C26H16S2. The van der Waals surface area contributed by atoms with Crippen LogP contribution >= 0.6 is 22.7 Å². The molecule has 0 radical (unpaired) electrons. The first kappa shape index (κ1) is 16.1. The normalized spacial score (nSPS) is 12.1. The Bertz CT molecular complexity index is 1400. The molecule has 0 saturated heterocycles. The molecule has 0 nitrogen and oxygen atoms in total. The third-order valence-electron chi connectivity index (χ3n) is 5.30. The molecule has 2 aromatic heterocycles. The standard InChI is InChI=1S/C26H16S2/c1-3-7-21-17(5-1)9-13-25-23(21)15-19(27-25)11-12-20-16-24-22-8-4-2-6-18(22)10-14-26(24)28-20/h1-16H/b12-11-. The molecule has 28 heavy (non-hydrogen) atoms. The average molecular weight is 393 g/mol. The fourth-order valence-electron chi connectivity index (χ4n) is 3.95. The van der Waals surface area contributed by atoms with Crippen LogP contribution in [0, 0.1) is 0 Å². The third-order valence-corrected chi connectivity index (χ3v) is 7.43. The Hall–Kier alpha value is -2.94. The molecule has 0 unspecified atom stereocenters. The molecule has 0 N–H and O–H groups in total. The largest absolute Gasteiger partial charge is 0.136 e. The minimum atomic E-state index is 1.30. The maximum absolute atomic E-state index is 2.32. The minimum absolute atomic E-state index is 1.30. The maximum Gasteiger partial charge on any atom is 0.0355 e. The van der Waals surface area contributed by atoms with E-state index in [0.29, 0.717) is 0 Å². The lowest BCUT2D eigenvalue weighted by Crippen LogP contribution is -1.71. The van der Waals surface area contributed by atoms with E-state index in [1.165, 1.54) is 51.5 Å². The quantitative estimate of drug-likeness (QED) is 0.277. The number of hydrogen-bond acceptors (Lipinski definition) is 2. The van der Waals surface area contributed by atoms with E-state index < -0.39 is 0 Å². The summed E-state index contributed by atoms with van der Waals surface area (Å²) < 4.78 is 2.70. The van der Waals surface area contributed by atoms with E-state index in [9.17, 15) is 0 Å². The molecule has 6 rings (SSSR count). The van der Waals surface area contributed by atoms with Crippen molar-refractivity contribution < 1.29 is 0 Å². The first-order valence-corrected chi connectivity index (χ1v) is 11.0. The lowest BCUT2D eigenvalue weighted by atomic mass is 10.1. The Morgan fingerprint density at radius 2 is 0.929 bits per heavy atom. The summed E-state index contributed by atoms with van der Waals surface area (Å²) in [5.74, 6) is 0. The molecule has 6 aromatic rings. The van der Waals surface area contributed by atoms with Crippen molar-refractivity contribution in [1.82, 2.24) is 0 Å². The van der Waals surface area contributed by atoms with E-state index in [0.717, 1.165) is 0 Å². The Morgan fingerprint density at radius 3 is 1.43 bits per heavy atom. The van der Waals surface area contributed by atoms with Crippen molar-refractivity contribution >= 4 is 76.5 Å². The summed E-state index contributed by atoms with van der Waals surface area (Å²) in [5.41, 5.74) is 0. The van der Waals surface area contributed by atoms with Crippen molar-refractivity contribution in [2.24, 2.45) is 0 Å². The van der Waals surface area contributed by atoms with Gasteiger partial charge in [0.05, 0.1) is 0 Å². The van der Waals surface area contributed by atoms with Gasteiger partial charge in [0, 0.05) is 29.9 Å². The van der Waals surface area contributed by atoms with Gasteiger partial charge in [-0.05, 0) is 58.0 Å². The van der Waals surface area contributed by atoms with E-state index in [2.05, 4.69) is 97.1 Å². The molecule has 132 valence electrons. The third kappa shape index (κ3) is 2.57. The van der Waals surface area contributed by atoms with Crippen molar-refractivity contribution in [2.45, 2.75) is 0 Å². The molecular weight excluding hydrogens is 376 g/mol. The Labute approximate surface area is 171 Å². The number of thiophene rings is 2. The van der Waals surface area contributed by atoms with Gasteiger partial charge in [-0.1, -0.05) is 60.7 Å². The molecule has 0 amide bonds. The highest BCUT2D eigenvalue weighted by Crippen LogP contribution is 2.35. The van der Waals surface area contributed by atoms with Gasteiger partial charge in [0.1, 0.15) is 0 Å². The fraction of sp³-hybridized carbons (Fsp3) is 0. The fourth-order valence-corrected chi connectivity index (χ4v) is 5.92. The number of rotatable bonds is 2. The molecule has 0 fully saturated rings. The van der Waals surface area contributed by atoms with Gasteiger partial charge in [-0.2, -0.15) is 0 Å². The van der Waals surface area contributed by atoms with Crippen LogP contribution in [0.15, 0.2) is 84.9 Å². The maximum atomic E-state index is 2.32. The Morgan fingerprint density at radius 1 is 0.464 bits per heavy atom. The van der Waals surface area contributed by atoms with Crippen LogP contribution in [-0.4, -0.2) is 0 Å². The summed E-state index contributed by atoms with van der Waals surface area (Å²) in [4.78, 5) is 2.60. The predicted octanol–water partition coefficient (Wildman–Crippen LogP) is 8.59. The zero-order valence-electron chi connectivity index (χ0n) is 15.1. The molecule has 0 aliphatic heterocycles. The average Bonchev–Trinajstić information content (AvgIpc) is 3.36. The van der Waals surface area contributed by atoms with Crippen LogP contribution in [0.25, 0.3) is 53.9 Å². The number of fused-ring (bicyclic) bond motifs is 6. The first-order valence-electron chi connectivity index (χ1n) is 9.36. The highest BCUT2D eigenvalue weighted by molar-refractivity contribution is 7.20. The molecule has 0 spiro atoms. The van der Waals surface area contributed by atoms with Crippen LogP contribution in [0.3, 0.4) is 0 Å². The van der Waals surface area contributed by atoms with Crippen LogP contribution in [0.4, 0.5) is 0 Å². The van der Waals surface area contributed by atoms with Crippen molar-refractivity contribution in [3.63, 3.8) is 0 Å². The summed E-state index contributed by atoms with van der Waals surface area (Å²) >= 11 is 3.72. The topological polar surface area (TPSA) is 0 Å². The molecule has 2 heteroatoms. The van der Waals surface area contributed by atoms with Crippen molar-refractivity contribution in [3.8, 4) is 0 Å². The lowest BCUT2D eigenvalue weighted by Gasteiger charge is -1.97. The SMILES string of the molecule is C(=C/c1cc2c(ccc3ccccc32)s1)/c1cc2c(ccc3ccccc32)s1. The van der Waals surface area contributed by atoms with Gasteiger partial charge >= 0.3 is 0 Å². The molecule has 0 bridgehead atoms. The van der Waals surface area contributed by atoms with Gasteiger partial charge in [-0.25, -0.2) is 0 Å². The van der Waals surface area contributed by atoms with Crippen molar-refractivity contribution in [2.75, 3.05) is 0 Å². The van der Waals surface area contributed by atoms with Gasteiger partial charge in [-0.15, -0.1) is 22.7 Å². The summed E-state index contributed by atoms with van der Waals surface area (Å²) in [6.45, 7) is 0. The zero-order valence-corrected chi connectivity index (χ0v) is 16.7. The van der Waals surface area contributed by atoms with E-state index >= 15 is 0 Å². The highest BCUT2D eigenvalue weighted by Gasteiger charge is 2.06. The second-order valence-corrected chi connectivity index (χ2v) is 9.26. The molecule has 0 atom stereocenters. The van der Waals surface area contributed by atoms with Gasteiger partial charge in [0.15, 0.2) is 0 Å². The number of benzene rings is 4. The van der Waals surface area contributed by atoms with Gasteiger partial charge in [0.25, 0.3) is 0 Å². The predicted molar refractivity (Wildman–Crippen MR) is 128 cm³/mol. The Kier molecular flexibility index (Phi) is 3.61. The summed E-state index contributed by atoms with van der Waals surface area (Å²) in [7, 11) is 0. The molecule has 0 aliphatic carbocycles. The van der Waals surface area contributed by atoms with Gasteiger partial charge < -0.3 is 0 Å². The monoisotopic (exact) mass is 392 g/mol. The van der Waals surface area contributed by atoms with Crippen LogP contribution in [-0.2, 0) is 0 Å². The molecule has 4 aromatic carbocycles. The zero-order chi connectivity index (χ0) is 18.5. The summed E-state index contributed by atoms with van der Waals surface area (Å²) in [5, 5.41) is 7.99. The van der Waals surface area contributed by atoms with Crippen LogP contribution in [0.1, 0.15) is 9.75 Å². The summed E-state index contributed by atoms with van der Waals surface area (Å²) in [6.07, 6.45) is 4.51. The second kappa shape index (κ2) is 6.30. The highest BCUT2D eigenvalue weighted by atomic mass is 32.1. The molecule has 0 aliphatic rings. The second-order valence-electron chi connectivity index (χ2n) is 7.03. The van der Waals surface area contributed by atoms with Crippen LogP contribution in [0.2, 0.25) is 0 Å². The smallest absolute Gasteiger partial charge is 0.0355 e. The minimum Gasteiger partial charge on any atom is -0.136 e. The van der Waals surface area contributed by atoms with Crippen LogP contribution in [0.5, 0.6) is 0 Å².